The first kappa shape index (κ1) is 11.8. The molecule has 1 N–H and O–H groups in total. The fourth-order valence-corrected chi connectivity index (χ4v) is 1.92. The third-order valence-corrected chi connectivity index (χ3v) is 3.13. The lowest BCUT2D eigenvalue weighted by atomic mass is 10.1. The van der Waals surface area contributed by atoms with Gasteiger partial charge in [-0.2, -0.15) is 0 Å². The molecule has 14 heavy (non-hydrogen) atoms. The van der Waals surface area contributed by atoms with Gasteiger partial charge in [-0.25, -0.2) is 0 Å². The summed E-state index contributed by atoms with van der Waals surface area (Å²) in [6, 6.07) is 0. The SMILES string of the molecule is C[C@@]1(C#C[Si](C)(C)C)O[C@@H]1CCCO. The van der Waals surface area contributed by atoms with Crippen molar-refractivity contribution in [1.29, 1.82) is 0 Å². The van der Waals surface area contributed by atoms with Crippen LogP contribution < -0.4 is 0 Å². The van der Waals surface area contributed by atoms with Crippen LogP contribution in [-0.2, 0) is 4.74 Å². The van der Waals surface area contributed by atoms with Crippen LogP contribution in [0.4, 0.5) is 0 Å². The maximum Gasteiger partial charge on any atom is 0.151 e. The summed E-state index contributed by atoms with van der Waals surface area (Å²) in [6.45, 7) is 8.98. The van der Waals surface area contributed by atoms with Crippen LogP contribution >= 0.6 is 0 Å². The van der Waals surface area contributed by atoms with E-state index in [0.717, 1.165) is 12.8 Å². The number of rotatable bonds is 3. The van der Waals surface area contributed by atoms with Gasteiger partial charge >= 0.3 is 0 Å². The van der Waals surface area contributed by atoms with E-state index in [1.165, 1.54) is 0 Å². The van der Waals surface area contributed by atoms with Gasteiger partial charge in [0.1, 0.15) is 8.07 Å². The molecule has 0 aromatic rings. The number of hydrogen-bond acceptors (Lipinski definition) is 2. The molecule has 1 heterocycles. The van der Waals surface area contributed by atoms with Gasteiger partial charge in [0.25, 0.3) is 0 Å². The van der Waals surface area contributed by atoms with Crippen LogP contribution in [0.15, 0.2) is 0 Å². The van der Waals surface area contributed by atoms with Crippen molar-refractivity contribution in [3.63, 3.8) is 0 Å². The van der Waals surface area contributed by atoms with Crippen molar-refractivity contribution >= 4 is 8.07 Å². The molecule has 0 saturated carbocycles. The third kappa shape index (κ3) is 3.45. The summed E-state index contributed by atoms with van der Waals surface area (Å²) in [5, 5.41) is 8.69. The van der Waals surface area contributed by atoms with Gasteiger partial charge in [0.05, 0.1) is 6.10 Å². The van der Waals surface area contributed by atoms with E-state index in [2.05, 4.69) is 31.1 Å². The first-order valence-electron chi connectivity index (χ1n) is 5.20. The fraction of sp³-hybridized carbons (Fsp3) is 0.818. The Morgan fingerprint density at radius 2 is 2.07 bits per heavy atom. The molecular formula is C11H20O2Si. The Kier molecular flexibility index (Phi) is 3.41. The molecule has 2 atom stereocenters. The Labute approximate surface area is 87.7 Å². The molecule has 1 rings (SSSR count). The Morgan fingerprint density at radius 3 is 2.57 bits per heavy atom. The van der Waals surface area contributed by atoms with Crippen molar-refractivity contribution in [3.8, 4) is 11.5 Å². The Balaban J connectivity index is 2.43. The van der Waals surface area contributed by atoms with Crippen LogP contribution in [0.1, 0.15) is 19.8 Å². The maximum atomic E-state index is 8.69. The van der Waals surface area contributed by atoms with Crippen LogP contribution in [0.5, 0.6) is 0 Å². The van der Waals surface area contributed by atoms with Gasteiger partial charge < -0.3 is 9.84 Å². The minimum absolute atomic E-state index is 0.213. The van der Waals surface area contributed by atoms with Crippen molar-refractivity contribution in [2.45, 2.75) is 51.1 Å². The zero-order valence-electron chi connectivity index (χ0n) is 9.55. The molecular weight excluding hydrogens is 192 g/mol. The molecule has 3 heteroatoms. The second-order valence-electron chi connectivity index (χ2n) is 5.08. The molecule has 0 spiro atoms. The Bertz CT molecular complexity index is 259. The molecule has 0 aromatic carbocycles. The first-order chi connectivity index (χ1) is 6.37. The molecule has 0 amide bonds. The Morgan fingerprint density at radius 1 is 1.43 bits per heavy atom. The standard InChI is InChI=1S/C11H20O2Si/c1-11(7-9-14(2,3)4)10(13-11)6-5-8-12/h10,12H,5-6,8H2,1-4H3/t10-,11+/m1/s1. The van der Waals surface area contributed by atoms with Crippen LogP contribution in [0.25, 0.3) is 0 Å². The average molecular weight is 212 g/mol. The highest BCUT2D eigenvalue weighted by Crippen LogP contribution is 2.38. The van der Waals surface area contributed by atoms with Crippen molar-refractivity contribution in [1.82, 2.24) is 0 Å². The number of aliphatic hydroxyl groups excluding tert-OH is 1. The summed E-state index contributed by atoms with van der Waals surface area (Å²) in [6.07, 6.45) is 1.99. The molecule has 0 aromatic heterocycles. The van der Waals surface area contributed by atoms with E-state index < -0.39 is 8.07 Å². The van der Waals surface area contributed by atoms with E-state index in [0.29, 0.717) is 0 Å². The first-order valence-corrected chi connectivity index (χ1v) is 8.70. The summed E-state index contributed by atoms with van der Waals surface area (Å²) in [7, 11) is -1.28. The van der Waals surface area contributed by atoms with E-state index in [4.69, 9.17) is 9.84 Å². The highest BCUT2D eigenvalue weighted by molar-refractivity contribution is 6.83. The van der Waals surface area contributed by atoms with E-state index in [1.54, 1.807) is 0 Å². The van der Waals surface area contributed by atoms with Crippen molar-refractivity contribution < 1.29 is 9.84 Å². The number of hydrogen-bond donors (Lipinski definition) is 1. The molecule has 1 aliphatic heterocycles. The molecule has 1 aliphatic rings. The molecule has 0 aliphatic carbocycles. The molecule has 0 unspecified atom stereocenters. The molecule has 0 radical (unpaired) electrons. The predicted molar refractivity (Wildman–Crippen MR) is 60.7 cm³/mol. The lowest BCUT2D eigenvalue weighted by molar-refractivity contribution is 0.271. The normalized spacial score (nSPS) is 30.8. The highest BCUT2D eigenvalue weighted by Gasteiger charge is 2.50. The molecule has 0 bridgehead atoms. The minimum atomic E-state index is -1.28. The topological polar surface area (TPSA) is 32.8 Å². The van der Waals surface area contributed by atoms with Crippen molar-refractivity contribution in [2.75, 3.05) is 6.61 Å². The van der Waals surface area contributed by atoms with Gasteiger partial charge in [0.2, 0.25) is 0 Å². The van der Waals surface area contributed by atoms with E-state index in [9.17, 15) is 0 Å². The van der Waals surface area contributed by atoms with E-state index >= 15 is 0 Å². The average Bonchev–Trinajstić information content (AvgIpc) is 2.70. The van der Waals surface area contributed by atoms with Gasteiger partial charge in [0.15, 0.2) is 5.60 Å². The quantitative estimate of drug-likeness (QED) is 0.439. The van der Waals surface area contributed by atoms with Crippen molar-refractivity contribution in [3.05, 3.63) is 0 Å². The second kappa shape index (κ2) is 4.06. The summed E-state index contributed by atoms with van der Waals surface area (Å²) < 4.78 is 5.54. The summed E-state index contributed by atoms with van der Waals surface area (Å²) in [4.78, 5) is 0. The summed E-state index contributed by atoms with van der Waals surface area (Å²) >= 11 is 0. The zero-order chi connectivity index (χ0) is 10.8. The Hall–Kier alpha value is -0.303. The lowest BCUT2D eigenvalue weighted by Gasteiger charge is -2.04. The van der Waals surface area contributed by atoms with Crippen LogP contribution in [0.2, 0.25) is 19.6 Å². The number of epoxide rings is 1. The summed E-state index contributed by atoms with van der Waals surface area (Å²) in [5.74, 6) is 3.24. The van der Waals surface area contributed by atoms with Gasteiger partial charge in [-0.15, -0.1) is 5.54 Å². The van der Waals surface area contributed by atoms with E-state index in [1.807, 2.05) is 6.92 Å². The smallest absolute Gasteiger partial charge is 0.151 e. The van der Waals surface area contributed by atoms with Crippen LogP contribution in [0.3, 0.4) is 0 Å². The lowest BCUT2D eigenvalue weighted by Crippen LogP contribution is -2.18. The van der Waals surface area contributed by atoms with Gasteiger partial charge in [-0.3, -0.25) is 0 Å². The molecule has 1 fully saturated rings. The number of aliphatic hydroxyl groups is 1. The zero-order valence-corrected chi connectivity index (χ0v) is 10.6. The van der Waals surface area contributed by atoms with Crippen molar-refractivity contribution in [2.24, 2.45) is 0 Å². The van der Waals surface area contributed by atoms with Crippen LogP contribution in [-0.4, -0.2) is 31.5 Å². The number of ether oxygens (including phenoxy) is 1. The van der Waals surface area contributed by atoms with E-state index in [-0.39, 0.29) is 18.3 Å². The largest absolute Gasteiger partial charge is 0.396 e. The van der Waals surface area contributed by atoms with Crippen LogP contribution in [0, 0.1) is 11.5 Å². The predicted octanol–water partition coefficient (Wildman–Crippen LogP) is 1.80. The second-order valence-corrected chi connectivity index (χ2v) is 9.83. The molecule has 80 valence electrons. The third-order valence-electron chi connectivity index (χ3n) is 2.25. The minimum Gasteiger partial charge on any atom is -0.396 e. The van der Waals surface area contributed by atoms with Gasteiger partial charge in [0, 0.05) is 6.61 Å². The van der Waals surface area contributed by atoms with Gasteiger partial charge in [-0.05, 0) is 19.8 Å². The fourth-order valence-electron chi connectivity index (χ4n) is 1.29. The monoisotopic (exact) mass is 212 g/mol. The summed E-state index contributed by atoms with van der Waals surface area (Å²) in [5.41, 5.74) is 3.12. The highest BCUT2D eigenvalue weighted by atomic mass is 28.3. The maximum absolute atomic E-state index is 8.69. The molecule has 1 saturated heterocycles. The van der Waals surface area contributed by atoms with Gasteiger partial charge in [-0.1, -0.05) is 25.6 Å². The molecule has 2 nitrogen and oxygen atoms in total.